The number of benzene rings is 1. The van der Waals surface area contributed by atoms with Gasteiger partial charge in [-0.05, 0) is 36.4 Å². The second-order valence-electron chi connectivity index (χ2n) is 5.55. The van der Waals surface area contributed by atoms with Crippen LogP contribution >= 0.6 is 0 Å². The van der Waals surface area contributed by atoms with E-state index in [0.29, 0.717) is 11.3 Å². The molecule has 96 valence electrons. The molecule has 18 heavy (non-hydrogen) atoms. The van der Waals surface area contributed by atoms with Crippen molar-refractivity contribution >= 4 is 0 Å². The summed E-state index contributed by atoms with van der Waals surface area (Å²) < 4.78 is 27.1. The summed E-state index contributed by atoms with van der Waals surface area (Å²) in [6, 6.07) is 3.87. The number of halogens is 2. The molecule has 1 unspecified atom stereocenters. The molecule has 0 aliphatic heterocycles. The van der Waals surface area contributed by atoms with Crippen LogP contribution < -0.4 is 5.32 Å². The van der Waals surface area contributed by atoms with Crippen molar-refractivity contribution in [3.8, 4) is 6.07 Å². The lowest BCUT2D eigenvalue weighted by atomic mass is 10.1. The maximum Gasteiger partial charge on any atom is 0.131 e. The van der Waals surface area contributed by atoms with E-state index in [2.05, 4.69) is 19.2 Å². The second-order valence-corrected chi connectivity index (χ2v) is 5.55. The number of rotatable bonds is 4. The predicted octanol–water partition coefficient (Wildman–Crippen LogP) is 2.97. The van der Waals surface area contributed by atoms with E-state index in [0.717, 1.165) is 25.1 Å². The summed E-state index contributed by atoms with van der Waals surface area (Å²) in [7, 11) is 0. The first-order valence-electron chi connectivity index (χ1n) is 6.03. The van der Waals surface area contributed by atoms with Crippen LogP contribution in [-0.4, -0.2) is 6.54 Å². The molecule has 0 bridgehead atoms. The highest BCUT2D eigenvalue weighted by Gasteiger charge is 2.44. The summed E-state index contributed by atoms with van der Waals surface area (Å²) in [5, 5.41) is 11.7. The zero-order chi connectivity index (χ0) is 13.3. The van der Waals surface area contributed by atoms with Gasteiger partial charge in [-0.2, -0.15) is 5.26 Å². The minimum Gasteiger partial charge on any atom is -0.312 e. The summed E-state index contributed by atoms with van der Waals surface area (Å²) in [6.45, 7) is 5.30. The number of nitrogens with one attached hydrogen (secondary N) is 1. The van der Waals surface area contributed by atoms with Gasteiger partial charge in [0, 0.05) is 12.1 Å². The molecular formula is C14H16F2N2. The van der Waals surface area contributed by atoms with E-state index in [4.69, 9.17) is 5.26 Å². The molecule has 0 aromatic heterocycles. The van der Waals surface area contributed by atoms with Gasteiger partial charge in [-0.3, -0.25) is 0 Å². The number of hydrogen-bond donors (Lipinski definition) is 1. The standard InChI is InChI=1S/C14H16F2N2/c1-14(2)5-10(14)7-18-8-11-12(15)3-9(6-17)4-13(11)16/h3-4,10,18H,5,7-8H2,1-2H3. The van der Waals surface area contributed by atoms with Crippen molar-refractivity contribution in [2.45, 2.75) is 26.8 Å². The number of nitrogens with zero attached hydrogens (tertiary/aromatic N) is 1. The van der Waals surface area contributed by atoms with E-state index >= 15 is 0 Å². The molecule has 4 heteroatoms. The van der Waals surface area contributed by atoms with E-state index in [1.807, 2.05) is 0 Å². The van der Waals surface area contributed by atoms with Crippen LogP contribution in [0.5, 0.6) is 0 Å². The Kier molecular flexibility index (Phi) is 3.36. The van der Waals surface area contributed by atoms with Crippen LogP contribution in [0.2, 0.25) is 0 Å². The SMILES string of the molecule is CC1(C)CC1CNCc1c(F)cc(C#N)cc1F. The zero-order valence-electron chi connectivity index (χ0n) is 10.6. The highest BCUT2D eigenvalue weighted by molar-refractivity contribution is 5.34. The van der Waals surface area contributed by atoms with E-state index in [1.54, 1.807) is 6.07 Å². The van der Waals surface area contributed by atoms with E-state index in [-0.39, 0.29) is 17.7 Å². The Balaban J connectivity index is 1.96. The second kappa shape index (κ2) is 4.66. The first-order chi connectivity index (χ1) is 8.44. The lowest BCUT2D eigenvalue weighted by molar-refractivity contribution is 0.497. The van der Waals surface area contributed by atoms with Gasteiger partial charge in [0.2, 0.25) is 0 Å². The molecule has 0 spiro atoms. The van der Waals surface area contributed by atoms with Crippen LogP contribution in [-0.2, 0) is 6.54 Å². The average molecular weight is 250 g/mol. The van der Waals surface area contributed by atoms with Crippen LogP contribution in [0.25, 0.3) is 0 Å². The van der Waals surface area contributed by atoms with Crippen LogP contribution in [0.3, 0.4) is 0 Å². The summed E-state index contributed by atoms with van der Waals surface area (Å²) in [4.78, 5) is 0. The zero-order valence-corrected chi connectivity index (χ0v) is 10.6. The van der Waals surface area contributed by atoms with Crippen LogP contribution in [0, 0.1) is 34.3 Å². The third-order valence-electron chi connectivity index (χ3n) is 3.68. The lowest BCUT2D eigenvalue weighted by Gasteiger charge is -2.08. The fourth-order valence-corrected chi connectivity index (χ4v) is 2.13. The maximum atomic E-state index is 13.6. The van der Waals surface area contributed by atoms with Gasteiger partial charge in [0.1, 0.15) is 11.6 Å². The predicted molar refractivity (Wildman–Crippen MR) is 64.7 cm³/mol. The average Bonchev–Trinajstić information content (AvgIpc) is 2.90. The minimum atomic E-state index is -0.658. The molecule has 2 rings (SSSR count). The Labute approximate surface area is 106 Å². The third kappa shape index (κ3) is 2.68. The van der Waals surface area contributed by atoms with E-state index < -0.39 is 11.6 Å². The molecule has 1 aliphatic carbocycles. The van der Waals surface area contributed by atoms with Crippen molar-refractivity contribution in [2.75, 3.05) is 6.54 Å². The fraction of sp³-hybridized carbons (Fsp3) is 0.500. The maximum absolute atomic E-state index is 13.6. The largest absolute Gasteiger partial charge is 0.312 e. The van der Waals surface area contributed by atoms with Gasteiger partial charge in [0.05, 0.1) is 11.6 Å². The third-order valence-corrected chi connectivity index (χ3v) is 3.68. The van der Waals surface area contributed by atoms with Crippen LogP contribution in [0.15, 0.2) is 12.1 Å². The molecule has 0 saturated heterocycles. The van der Waals surface area contributed by atoms with Gasteiger partial charge in [0.15, 0.2) is 0 Å². The first kappa shape index (κ1) is 13.0. The summed E-state index contributed by atoms with van der Waals surface area (Å²) in [5.74, 6) is -0.731. The van der Waals surface area contributed by atoms with Crippen molar-refractivity contribution in [3.05, 3.63) is 34.9 Å². The number of nitriles is 1. The Bertz CT molecular complexity index is 480. The van der Waals surface area contributed by atoms with E-state index in [1.165, 1.54) is 0 Å². The van der Waals surface area contributed by atoms with Crippen LogP contribution in [0.1, 0.15) is 31.4 Å². The molecule has 1 atom stereocenters. The first-order valence-corrected chi connectivity index (χ1v) is 6.03. The van der Waals surface area contributed by atoms with E-state index in [9.17, 15) is 8.78 Å². The van der Waals surface area contributed by atoms with Crippen molar-refractivity contribution in [1.29, 1.82) is 5.26 Å². The molecular weight excluding hydrogens is 234 g/mol. The molecule has 1 aliphatic rings. The van der Waals surface area contributed by atoms with Gasteiger partial charge >= 0.3 is 0 Å². The molecule has 0 heterocycles. The molecule has 0 radical (unpaired) electrons. The minimum absolute atomic E-state index is 0.00690. The van der Waals surface area contributed by atoms with Gasteiger partial charge in [-0.25, -0.2) is 8.78 Å². The summed E-state index contributed by atoms with van der Waals surface area (Å²) in [5.41, 5.74) is 0.374. The molecule has 1 saturated carbocycles. The summed E-state index contributed by atoms with van der Waals surface area (Å²) in [6.07, 6.45) is 1.15. The molecule has 2 nitrogen and oxygen atoms in total. The lowest BCUT2D eigenvalue weighted by Crippen LogP contribution is -2.19. The van der Waals surface area contributed by atoms with Crippen LogP contribution in [0.4, 0.5) is 8.78 Å². The van der Waals surface area contributed by atoms with Gasteiger partial charge in [0.25, 0.3) is 0 Å². The van der Waals surface area contributed by atoms with Gasteiger partial charge in [-0.15, -0.1) is 0 Å². The Hall–Kier alpha value is -1.47. The molecule has 1 fully saturated rings. The van der Waals surface area contributed by atoms with Crippen molar-refractivity contribution in [1.82, 2.24) is 5.32 Å². The monoisotopic (exact) mass is 250 g/mol. The van der Waals surface area contributed by atoms with Crippen molar-refractivity contribution < 1.29 is 8.78 Å². The quantitative estimate of drug-likeness (QED) is 0.891. The highest BCUT2D eigenvalue weighted by atomic mass is 19.1. The topological polar surface area (TPSA) is 35.8 Å². The Morgan fingerprint density at radius 3 is 2.39 bits per heavy atom. The normalized spacial score (nSPS) is 20.5. The molecule has 1 N–H and O–H groups in total. The Morgan fingerprint density at radius 1 is 1.39 bits per heavy atom. The van der Waals surface area contributed by atoms with Gasteiger partial charge < -0.3 is 5.32 Å². The smallest absolute Gasteiger partial charge is 0.131 e. The summed E-state index contributed by atoms with van der Waals surface area (Å²) >= 11 is 0. The number of hydrogen-bond acceptors (Lipinski definition) is 2. The Morgan fingerprint density at radius 2 is 1.94 bits per heavy atom. The fourth-order valence-electron chi connectivity index (χ4n) is 2.13. The highest BCUT2D eigenvalue weighted by Crippen LogP contribution is 2.50. The molecule has 0 amide bonds. The molecule has 1 aromatic rings. The molecule has 1 aromatic carbocycles. The van der Waals surface area contributed by atoms with Crippen molar-refractivity contribution in [2.24, 2.45) is 11.3 Å². The van der Waals surface area contributed by atoms with Crippen molar-refractivity contribution in [3.63, 3.8) is 0 Å². The van der Waals surface area contributed by atoms with Gasteiger partial charge in [-0.1, -0.05) is 13.8 Å².